The first-order valence-electron chi connectivity index (χ1n) is 6.30. The van der Waals surface area contributed by atoms with Crippen LogP contribution in [-0.4, -0.2) is 23.8 Å². The summed E-state index contributed by atoms with van der Waals surface area (Å²) in [6.45, 7) is 5.58. The molecule has 0 amide bonds. The summed E-state index contributed by atoms with van der Waals surface area (Å²) in [6, 6.07) is 5.33. The number of aliphatic hydroxyl groups excluding tert-OH is 1. The lowest BCUT2D eigenvalue weighted by atomic mass is 10.1. The third-order valence-corrected chi connectivity index (χ3v) is 3.11. The molecule has 106 valence electrons. The quantitative estimate of drug-likeness (QED) is 0.813. The van der Waals surface area contributed by atoms with Gasteiger partial charge in [0.25, 0.3) is 0 Å². The number of ether oxygens (including phenoxy) is 2. The van der Waals surface area contributed by atoms with Gasteiger partial charge in [-0.25, -0.2) is 4.79 Å². The van der Waals surface area contributed by atoms with Crippen molar-refractivity contribution >= 4 is 21.9 Å². The Morgan fingerprint density at radius 2 is 2.11 bits per heavy atom. The van der Waals surface area contributed by atoms with Crippen LogP contribution in [0.4, 0.5) is 0 Å². The molecule has 2 unspecified atom stereocenters. The van der Waals surface area contributed by atoms with E-state index in [0.29, 0.717) is 24.3 Å². The minimum Gasteiger partial charge on any atom is -0.478 e. The lowest BCUT2D eigenvalue weighted by Crippen LogP contribution is -2.29. The van der Waals surface area contributed by atoms with Crippen molar-refractivity contribution in [3.05, 3.63) is 28.2 Å². The van der Waals surface area contributed by atoms with Gasteiger partial charge in [0.2, 0.25) is 0 Å². The maximum absolute atomic E-state index is 11.7. The molecular formula is C14H19BrO4. The van der Waals surface area contributed by atoms with Gasteiger partial charge in [-0.05, 0) is 32.4 Å². The molecule has 0 fully saturated rings. The van der Waals surface area contributed by atoms with E-state index in [0.717, 1.165) is 4.47 Å². The molecular weight excluding hydrogens is 312 g/mol. The highest BCUT2D eigenvalue weighted by atomic mass is 79.9. The monoisotopic (exact) mass is 330 g/mol. The first-order valence-corrected chi connectivity index (χ1v) is 7.09. The minimum absolute atomic E-state index is 0.320. The third kappa shape index (κ3) is 4.51. The fraction of sp³-hybridized carbons (Fsp3) is 0.500. The molecule has 0 saturated heterocycles. The van der Waals surface area contributed by atoms with Crippen molar-refractivity contribution in [1.29, 1.82) is 0 Å². The van der Waals surface area contributed by atoms with Crippen molar-refractivity contribution in [3.63, 3.8) is 0 Å². The van der Waals surface area contributed by atoms with Gasteiger partial charge in [0.05, 0.1) is 12.7 Å². The van der Waals surface area contributed by atoms with E-state index in [1.807, 2.05) is 13.0 Å². The van der Waals surface area contributed by atoms with Crippen LogP contribution in [0.15, 0.2) is 22.7 Å². The maximum atomic E-state index is 11.7. The van der Waals surface area contributed by atoms with Gasteiger partial charge in [-0.1, -0.05) is 28.9 Å². The van der Waals surface area contributed by atoms with E-state index >= 15 is 0 Å². The maximum Gasteiger partial charge on any atom is 0.347 e. The van der Waals surface area contributed by atoms with Crippen LogP contribution in [0.2, 0.25) is 0 Å². The predicted molar refractivity (Wildman–Crippen MR) is 76.1 cm³/mol. The molecule has 0 aliphatic carbocycles. The van der Waals surface area contributed by atoms with Crippen molar-refractivity contribution in [3.8, 4) is 5.75 Å². The molecule has 1 rings (SSSR count). The summed E-state index contributed by atoms with van der Waals surface area (Å²) in [7, 11) is 0. The number of aliphatic hydroxyl groups is 1. The molecule has 0 radical (unpaired) electrons. The van der Waals surface area contributed by atoms with Crippen LogP contribution in [0, 0.1) is 0 Å². The molecule has 0 bridgehead atoms. The molecule has 0 aliphatic heterocycles. The summed E-state index contributed by atoms with van der Waals surface area (Å²) in [5.41, 5.74) is 0.644. The number of esters is 1. The zero-order valence-electron chi connectivity index (χ0n) is 11.4. The van der Waals surface area contributed by atoms with Gasteiger partial charge in [-0.2, -0.15) is 0 Å². The summed E-state index contributed by atoms with van der Waals surface area (Å²) in [5, 5.41) is 9.71. The predicted octanol–water partition coefficient (Wildman–Crippen LogP) is 3.22. The smallest absolute Gasteiger partial charge is 0.347 e. The summed E-state index contributed by atoms with van der Waals surface area (Å²) in [6.07, 6.45) is -0.820. The Morgan fingerprint density at radius 3 is 2.63 bits per heavy atom. The van der Waals surface area contributed by atoms with Crippen LogP contribution in [0.5, 0.6) is 5.75 Å². The summed E-state index contributed by atoms with van der Waals surface area (Å²) in [4.78, 5) is 11.7. The van der Waals surface area contributed by atoms with Crippen LogP contribution in [0.1, 0.15) is 38.9 Å². The highest BCUT2D eigenvalue weighted by Gasteiger charge is 2.21. The molecule has 5 heteroatoms. The number of carbonyl (C=O) groups excluding carboxylic acids is 1. The summed E-state index contributed by atoms with van der Waals surface area (Å²) >= 11 is 3.35. The highest BCUT2D eigenvalue weighted by Crippen LogP contribution is 2.29. The van der Waals surface area contributed by atoms with Crippen molar-refractivity contribution < 1.29 is 19.4 Å². The number of rotatable bonds is 6. The highest BCUT2D eigenvalue weighted by molar-refractivity contribution is 9.10. The Hall–Kier alpha value is -1.07. The average molecular weight is 331 g/mol. The Bertz CT molecular complexity index is 431. The number of halogens is 1. The van der Waals surface area contributed by atoms with Crippen LogP contribution in [0.25, 0.3) is 0 Å². The molecule has 1 aromatic carbocycles. The zero-order chi connectivity index (χ0) is 14.4. The molecule has 4 nitrogen and oxygen atoms in total. The zero-order valence-corrected chi connectivity index (χ0v) is 12.9. The molecule has 0 saturated carbocycles. The molecule has 0 heterocycles. The second-order valence-electron chi connectivity index (χ2n) is 4.12. The normalized spacial score (nSPS) is 13.7. The second-order valence-corrected chi connectivity index (χ2v) is 5.04. The first-order chi connectivity index (χ1) is 8.99. The topological polar surface area (TPSA) is 55.8 Å². The number of hydrogen-bond donors (Lipinski definition) is 1. The lowest BCUT2D eigenvalue weighted by Gasteiger charge is -2.19. The van der Waals surface area contributed by atoms with E-state index < -0.39 is 12.2 Å². The van der Waals surface area contributed by atoms with Crippen LogP contribution < -0.4 is 4.74 Å². The second kappa shape index (κ2) is 7.50. The van der Waals surface area contributed by atoms with E-state index in [1.54, 1.807) is 26.0 Å². The SMILES string of the molecule is CCOC(=O)C(CC)Oc1cc(Br)ccc1C(C)O. The van der Waals surface area contributed by atoms with Crippen LogP contribution in [-0.2, 0) is 9.53 Å². The van der Waals surface area contributed by atoms with Gasteiger partial charge in [0, 0.05) is 10.0 Å². The van der Waals surface area contributed by atoms with Gasteiger partial charge in [0.15, 0.2) is 6.10 Å². The molecule has 19 heavy (non-hydrogen) atoms. The van der Waals surface area contributed by atoms with Gasteiger partial charge in [-0.3, -0.25) is 0 Å². The van der Waals surface area contributed by atoms with Crippen molar-refractivity contribution in [1.82, 2.24) is 0 Å². The molecule has 0 spiro atoms. The fourth-order valence-electron chi connectivity index (χ4n) is 1.64. The van der Waals surface area contributed by atoms with Gasteiger partial charge < -0.3 is 14.6 Å². The number of carbonyl (C=O) groups is 1. The molecule has 1 aromatic rings. The minimum atomic E-state index is -0.664. The van der Waals surface area contributed by atoms with Gasteiger partial charge >= 0.3 is 5.97 Å². The van der Waals surface area contributed by atoms with E-state index in [4.69, 9.17) is 9.47 Å². The number of benzene rings is 1. The summed E-state index contributed by atoms with van der Waals surface area (Å²) in [5.74, 6) is 0.103. The Labute approximate surface area is 121 Å². The van der Waals surface area contributed by atoms with Crippen molar-refractivity contribution in [2.45, 2.75) is 39.4 Å². The number of hydrogen-bond acceptors (Lipinski definition) is 4. The Balaban J connectivity index is 2.95. The summed E-state index contributed by atoms with van der Waals surface area (Å²) < 4.78 is 11.5. The Kier molecular flexibility index (Phi) is 6.31. The van der Waals surface area contributed by atoms with Crippen LogP contribution in [0.3, 0.4) is 0 Å². The van der Waals surface area contributed by atoms with Crippen LogP contribution >= 0.6 is 15.9 Å². The fourth-order valence-corrected chi connectivity index (χ4v) is 1.98. The van der Waals surface area contributed by atoms with Crippen molar-refractivity contribution in [2.75, 3.05) is 6.61 Å². The van der Waals surface area contributed by atoms with E-state index in [-0.39, 0.29) is 5.97 Å². The van der Waals surface area contributed by atoms with E-state index in [1.165, 1.54) is 0 Å². The van der Waals surface area contributed by atoms with Crippen molar-refractivity contribution in [2.24, 2.45) is 0 Å². The van der Waals surface area contributed by atoms with Gasteiger partial charge in [-0.15, -0.1) is 0 Å². The first kappa shape index (κ1) is 16.0. The van der Waals surface area contributed by atoms with E-state index in [9.17, 15) is 9.90 Å². The standard InChI is InChI=1S/C14H19BrO4/c1-4-12(14(17)18-5-2)19-13-8-10(15)6-7-11(13)9(3)16/h6-9,12,16H,4-5H2,1-3H3. The molecule has 1 N–H and O–H groups in total. The van der Waals surface area contributed by atoms with E-state index in [2.05, 4.69) is 15.9 Å². The van der Waals surface area contributed by atoms with Gasteiger partial charge in [0.1, 0.15) is 5.75 Å². The lowest BCUT2D eigenvalue weighted by molar-refractivity contribution is -0.151. The molecule has 0 aliphatic rings. The Morgan fingerprint density at radius 1 is 1.42 bits per heavy atom. The largest absolute Gasteiger partial charge is 0.478 e. The average Bonchev–Trinajstić information content (AvgIpc) is 2.35. The third-order valence-electron chi connectivity index (χ3n) is 2.62. The molecule has 0 aromatic heterocycles. The molecule has 2 atom stereocenters.